The normalized spacial score (nSPS) is 16.7. The van der Waals surface area contributed by atoms with Crippen LogP contribution >= 0.6 is 0 Å². The second kappa shape index (κ2) is 9.96. The first-order valence-electron chi connectivity index (χ1n) is 11.1. The van der Waals surface area contributed by atoms with Crippen LogP contribution in [0.2, 0.25) is 0 Å². The number of hydrogen-bond donors (Lipinski definition) is 2. The van der Waals surface area contributed by atoms with Crippen LogP contribution in [0.3, 0.4) is 0 Å². The number of nitrogens with one attached hydrogen (secondary N) is 2. The van der Waals surface area contributed by atoms with E-state index >= 15 is 0 Å². The van der Waals surface area contributed by atoms with E-state index in [4.69, 9.17) is 4.74 Å². The van der Waals surface area contributed by atoms with Gasteiger partial charge in [-0.1, -0.05) is 30.3 Å². The minimum Gasteiger partial charge on any atom is -0.375 e. The van der Waals surface area contributed by atoms with E-state index in [1.807, 2.05) is 12.1 Å². The van der Waals surface area contributed by atoms with E-state index in [1.54, 1.807) is 6.07 Å². The van der Waals surface area contributed by atoms with Gasteiger partial charge in [-0.3, -0.25) is 9.59 Å². The topological polar surface area (TPSA) is 70.7 Å². The van der Waals surface area contributed by atoms with Crippen LogP contribution < -0.4 is 15.5 Å². The molecular weight excluding hydrogens is 390 g/mol. The predicted molar refractivity (Wildman–Crippen MR) is 123 cm³/mol. The Hall–Kier alpha value is -2.86. The number of rotatable bonds is 8. The third-order valence-electron chi connectivity index (χ3n) is 6.04. The molecule has 1 saturated carbocycles. The molecule has 0 aromatic heterocycles. The molecule has 6 heteroatoms. The van der Waals surface area contributed by atoms with Crippen molar-refractivity contribution in [2.45, 2.75) is 38.1 Å². The van der Waals surface area contributed by atoms with Crippen molar-refractivity contribution in [1.82, 2.24) is 5.32 Å². The Morgan fingerprint density at radius 1 is 1.03 bits per heavy atom. The minimum atomic E-state index is -0.231. The maximum Gasteiger partial charge on any atom is 0.253 e. The van der Waals surface area contributed by atoms with Gasteiger partial charge in [-0.2, -0.15) is 0 Å². The Morgan fingerprint density at radius 3 is 2.45 bits per heavy atom. The van der Waals surface area contributed by atoms with Crippen LogP contribution in [-0.2, 0) is 16.0 Å². The van der Waals surface area contributed by atoms with E-state index < -0.39 is 0 Å². The minimum absolute atomic E-state index is 0.0136. The number of methoxy groups -OCH3 is 1. The smallest absolute Gasteiger partial charge is 0.253 e. The molecule has 0 atom stereocenters. The summed E-state index contributed by atoms with van der Waals surface area (Å²) in [4.78, 5) is 27.2. The van der Waals surface area contributed by atoms with Gasteiger partial charge in [0.15, 0.2) is 0 Å². The fraction of sp³-hybridized carbons (Fsp3) is 0.440. The van der Waals surface area contributed by atoms with Gasteiger partial charge in [0.2, 0.25) is 5.91 Å². The summed E-state index contributed by atoms with van der Waals surface area (Å²) in [5.74, 6) is 0.368. The lowest BCUT2D eigenvalue weighted by Crippen LogP contribution is -2.36. The number of carbonyl (C=O) groups excluding carboxylic acids is 2. The molecule has 2 aliphatic rings. The molecule has 1 heterocycles. The maximum absolute atomic E-state index is 13.0. The van der Waals surface area contributed by atoms with Crippen LogP contribution in [-0.4, -0.2) is 44.7 Å². The van der Waals surface area contributed by atoms with E-state index in [0.29, 0.717) is 17.2 Å². The van der Waals surface area contributed by atoms with Crippen LogP contribution in [0, 0.1) is 5.92 Å². The zero-order valence-corrected chi connectivity index (χ0v) is 18.1. The third-order valence-corrected chi connectivity index (χ3v) is 6.04. The highest BCUT2D eigenvalue weighted by molar-refractivity contribution is 6.02. The number of anilines is 2. The molecule has 4 rings (SSSR count). The lowest BCUT2D eigenvalue weighted by atomic mass is 9.89. The molecule has 2 aromatic rings. The van der Waals surface area contributed by atoms with Crippen molar-refractivity contribution in [3.8, 4) is 0 Å². The summed E-state index contributed by atoms with van der Waals surface area (Å²) in [6, 6.07) is 16.5. The van der Waals surface area contributed by atoms with Gasteiger partial charge in [-0.25, -0.2) is 0 Å². The highest BCUT2D eigenvalue weighted by Crippen LogP contribution is 2.31. The molecule has 1 aliphatic heterocycles. The summed E-state index contributed by atoms with van der Waals surface area (Å²) in [5, 5.41) is 5.90. The zero-order valence-electron chi connectivity index (χ0n) is 18.1. The molecule has 164 valence electrons. The lowest BCUT2D eigenvalue weighted by Gasteiger charge is -2.35. The molecule has 0 unspecified atom stereocenters. The van der Waals surface area contributed by atoms with Crippen LogP contribution in [0.5, 0.6) is 0 Å². The number of ether oxygens (including phenoxy) is 1. The standard InChI is InChI=1S/C25H31N3O3/c1-31-17-24(29)26-21-9-10-23(22(16-21)25(30)27-20-7-8-20)28-13-11-19(12-14-28)15-18-5-3-2-4-6-18/h2-6,9-10,16,19-20H,7-8,11-15,17H2,1H3,(H,26,29)(H,27,30). The molecule has 2 aromatic carbocycles. The first kappa shape index (κ1) is 21.4. The maximum atomic E-state index is 13.0. The van der Waals surface area contributed by atoms with Crippen molar-refractivity contribution in [3.63, 3.8) is 0 Å². The Balaban J connectivity index is 1.46. The van der Waals surface area contributed by atoms with Crippen molar-refractivity contribution >= 4 is 23.2 Å². The van der Waals surface area contributed by atoms with Crippen LogP contribution in [0.4, 0.5) is 11.4 Å². The molecule has 0 radical (unpaired) electrons. The second-order valence-corrected chi connectivity index (χ2v) is 8.58. The van der Waals surface area contributed by atoms with Crippen molar-refractivity contribution in [3.05, 3.63) is 59.7 Å². The van der Waals surface area contributed by atoms with Gasteiger partial charge in [0.1, 0.15) is 6.61 Å². The quantitative estimate of drug-likeness (QED) is 0.683. The van der Waals surface area contributed by atoms with Crippen molar-refractivity contribution in [1.29, 1.82) is 0 Å². The van der Waals surface area contributed by atoms with Gasteiger partial charge < -0.3 is 20.3 Å². The van der Waals surface area contributed by atoms with Crippen molar-refractivity contribution in [2.75, 3.05) is 37.0 Å². The highest BCUT2D eigenvalue weighted by Gasteiger charge is 2.27. The number of benzene rings is 2. The molecule has 2 fully saturated rings. The molecule has 1 aliphatic carbocycles. The summed E-state index contributed by atoms with van der Waals surface area (Å²) >= 11 is 0. The van der Waals surface area contributed by atoms with Crippen LogP contribution in [0.25, 0.3) is 0 Å². The number of nitrogens with zero attached hydrogens (tertiary/aromatic N) is 1. The largest absolute Gasteiger partial charge is 0.375 e. The van der Waals surface area contributed by atoms with E-state index in [2.05, 4.69) is 45.9 Å². The molecule has 0 bridgehead atoms. The summed E-state index contributed by atoms with van der Waals surface area (Å²) in [6.07, 6.45) is 5.39. The lowest BCUT2D eigenvalue weighted by molar-refractivity contribution is -0.119. The van der Waals surface area contributed by atoms with E-state index in [-0.39, 0.29) is 24.5 Å². The molecule has 6 nitrogen and oxygen atoms in total. The fourth-order valence-corrected chi connectivity index (χ4v) is 4.22. The first-order chi connectivity index (χ1) is 15.1. The van der Waals surface area contributed by atoms with Gasteiger partial charge in [-0.05, 0) is 61.8 Å². The average Bonchev–Trinajstić information content (AvgIpc) is 3.59. The second-order valence-electron chi connectivity index (χ2n) is 8.58. The number of piperidine rings is 1. The number of hydrogen-bond acceptors (Lipinski definition) is 4. The van der Waals surface area contributed by atoms with Gasteiger partial charge in [-0.15, -0.1) is 0 Å². The Bertz CT molecular complexity index is 903. The Labute approximate surface area is 184 Å². The third kappa shape index (κ3) is 5.85. The molecule has 1 saturated heterocycles. The molecule has 2 amide bonds. The Kier molecular flexibility index (Phi) is 6.87. The summed E-state index contributed by atoms with van der Waals surface area (Å²) in [5.41, 5.74) is 3.58. The molecule has 0 spiro atoms. The molecular formula is C25H31N3O3. The van der Waals surface area contributed by atoms with Crippen LogP contribution in [0.15, 0.2) is 48.5 Å². The number of amides is 2. The SMILES string of the molecule is COCC(=O)Nc1ccc(N2CCC(Cc3ccccc3)CC2)c(C(=O)NC2CC2)c1. The fourth-order valence-electron chi connectivity index (χ4n) is 4.22. The van der Waals surface area contributed by atoms with E-state index in [1.165, 1.54) is 12.7 Å². The average molecular weight is 422 g/mol. The summed E-state index contributed by atoms with van der Waals surface area (Å²) in [6.45, 7) is 1.84. The van der Waals surface area contributed by atoms with Gasteiger partial charge in [0, 0.05) is 37.6 Å². The Morgan fingerprint density at radius 2 is 1.77 bits per heavy atom. The monoisotopic (exact) mass is 421 g/mol. The predicted octanol–water partition coefficient (Wildman–Crippen LogP) is 3.62. The summed E-state index contributed by atoms with van der Waals surface area (Å²) in [7, 11) is 1.48. The zero-order chi connectivity index (χ0) is 21.6. The van der Waals surface area contributed by atoms with Crippen molar-refractivity contribution in [2.24, 2.45) is 5.92 Å². The van der Waals surface area contributed by atoms with Gasteiger partial charge in [0.25, 0.3) is 5.91 Å². The molecule has 2 N–H and O–H groups in total. The first-order valence-corrected chi connectivity index (χ1v) is 11.1. The number of carbonyl (C=O) groups is 2. The van der Waals surface area contributed by atoms with Crippen molar-refractivity contribution < 1.29 is 14.3 Å². The van der Waals surface area contributed by atoms with Crippen LogP contribution in [0.1, 0.15) is 41.6 Å². The van der Waals surface area contributed by atoms with E-state index in [9.17, 15) is 9.59 Å². The van der Waals surface area contributed by atoms with Gasteiger partial charge in [0.05, 0.1) is 5.56 Å². The summed E-state index contributed by atoms with van der Waals surface area (Å²) < 4.78 is 4.89. The van der Waals surface area contributed by atoms with E-state index in [0.717, 1.165) is 50.9 Å². The highest BCUT2D eigenvalue weighted by atomic mass is 16.5. The van der Waals surface area contributed by atoms with Gasteiger partial charge >= 0.3 is 0 Å². The molecule has 31 heavy (non-hydrogen) atoms.